The molecule has 1 aliphatic rings. The van der Waals surface area contributed by atoms with Crippen molar-refractivity contribution in [3.05, 3.63) is 11.6 Å². The van der Waals surface area contributed by atoms with Crippen LogP contribution in [-0.2, 0) is 0 Å². The Hall–Kier alpha value is -0.340. The number of hydrogen-bond donors (Lipinski definition) is 1. The third-order valence-corrected chi connectivity index (χ3v) is 2.68. The number of allylic oxidation sites excluding steroid dienone is 1. The van der Waals surface area contributed by atoms with Gasteiger partial charge in [0.1, 0.15) is 0 Å². The SMILES string of the molecule is CC(C)=CCN(C)C1CCCNC1. The molecule has 0 aromatic rings. The van der Waals surface area contributed by atoms with Crippen LogP contribution < -0.4 is 5.32 Å². The van der Waals surface area contributed by atoms with Crippen molar-refractivity contribution in [2.75, 3.05) is 26.7 Å². The van der Waals surface area contributed by atoms with Crippen LogP contribution in [0, 0.1) is 0 Å². The van der Waals surface area contributed by atoms with Crippen LogP contribution in [0.3, 0.4) is 0 Å². The van der Waals surface area contributed by atoms with Crippen LogP contribution in [0.1, 0.15) is 26.7 Å². The summed E-state index contributed by atoms with van der Waals surface area (Å²) >= 11 is 0. The molecule has 2 nitrogen and oxygen atoms in total. The standard InChI is InChI=1S/C11H22N2/c1-10(2)6-8-13(3)11-5-4-7-12-9-11/h6,11-12H,4-5,7-9H2,1-3H3. The second-order valence-corrected chi connectivity index (χ2v) is 4.22. The zero-order valence-electron chi connectivity index (χ0n) is 9.14. The van der Waals surface area contributed by atoms with Crippen LogP contribution in [-0.4, -0.2) is 37.6 Å². The summed E-state index contributed by atoms with van der Waals surface area (Å²) in [4.78, 5) is 2.44. The first-order valence-electron chi connectivity index (χ1n) is 5.24. The van der Waals surface area contributed by atoms with Crippen molar-refractivity contribution < 1.29 is 0 Å². The van der Waals surface area contributed by atoms with Crippen molar-refractivity contribution in [2.24, 2.45) is 0 Å². The molecule has 1 aliphatic heterocycles. The molecule has 1 fully saturated rings. The summed E-state index contributed by atoms with van der Waals surface area (Å²) in [6.45, 7) is 7.77. The van der Waals surface area contributed by atoms with Crippen molar-refractivity contribution in [3.8, 4) is 0 Å². The number of likely N-dealkylation sites (N-methyl/N-ethyl adjacent to an activating group) is 1. The molecule has 0 aliphatic carbocycles. The highest BCUT2D eigenvalue weighted by Gasteiger charge is 2.15. The molecule has 0 aromatic heterocycles. The van der Waals surface area contributed by atoms with Gasteiger partial charge in [0.25, 0.3) is 0 Å². The van der Waals surface area contributed by atoms with Crippen LogP contribution in [0.15, 0.2) is 11.6 Å². The van der Waals surface area contributed by atoms with E-state index in [1.807, 2.05) is 0 Å². The van der Waals surface area contributed by atoms with Crippen LogP contribution >= 0.6 is 0 Å². The van der Waals surface area contributed by atoms with Crippen LogP contribution in [0.5, 0.6) is 0 Å². The Morgan fingerprint density at radius 2 is 2.31 bits per heavy atom. The number of nitrogens with one attached hydrogen (secondary N) is 1. The third kappa shape index (κ3) is 3.92. The molecule has 2 heteroatoms. The molecule has 1 heterocycles. The Balaban J connectivity index is 2.28. The molecule has 1 saturated heterocycles. The van der Waals surface area contributed by atoms with E-state index in [-0.39, 0.29) is 0 Å². The molecule has 0 amide bonds. The predicted octanol–water partition coefficient (Wildman–Crippen LogP) is 1.64. The highest BCUT2D eigenvalue weighted by Crippen LogP contribution is 2.08. The van der Waals surface area contributed by atoms with Crippen molar-refractivity contribution >= 4 is 0 Å². The molecule has 0 saturated carbocycles. The van der Waals surface area contributed by atoms with Gasteiger partial charge in [-0.3, -0.25) is 4.90 Å². The average Bonchev–Trinajstić information content (AvgIpc) is 2.15. The van der Waals surface area contributed by atoms with E-state index in [0.717, 1.165) is 19.1 Å². The molecule has 1 rings (SSSR count). The van der Waals surface area contributed by atoms with E-state index >= 15 is 0 Å². The zero-order valence-corrected chi connectivity index (χ0v) is 9.14. The summed E-state index contributed by atoms with van der Waals surface area (Å²) in [6.07, 6.45) is 4.97. The van der Waals surface area contributed by atoms with Crippen molar-refractivity contribution in [2.45, 2.75) is 32.7 Å². The Bertz CT molecular complexity index is 165. The van der Waals surface area contributed by atoms with E-state index in [2.05, 4.69) is 37.2 Å². The molecule has 0 aromatic carbocycles. The van der Waals surface area contributed by atoms with E-state index in [4.69, 9.17) is 0 Å². The largest absolute Gasteiger partial charge is 0.315 e. The van der Waals surface area contributed by atoms with Crippen molar-refractivity contribution in [1.29, 1.82) is 0 Å². The van der Waals surface area contributed by atoms with Gasteiger partial charge in [-0.25, -0.2) is 0 Å². The topological polar surface area (TPSA) is 15.3 Å². The van der Waals surface area contributed by atoms with E-state index < -0.39 is 0 Å². The monoisotopic (exact) mass is 182 g/mol. The summed E-state index contributed by atoms with van der Waals surface area (Å²) < 4.78 is 0. The summed E-state index contributed by atoms with van der Waals surface area (Å²) in [5, 5.41) is 3.44. The minimum absolute atomic E-state index is 0.740. The minimum atomic E-state index is 0.740. The smallest absolute Gasteiger partial charge is 0.0221 e. The van der Waals surface area contributed by atoms with E-state index in [0.29, 0.717) is 0 Å². The summed E-state index contributed by atoms with van der Waals surface area (Å²) in [5.74, 6) is 0. The van der Waals surface area contributed by atoms with Gasteiger partial charge in [0.15, 0.2) is 0 Å². The normalized spacial score (nSPS) is 23.2. The fourth-order valence-electron chi connectivity index (χ4n) is 1.69. The van der Waals surface area contributed by atoms with Gasteiger partial charge in [-0.05, 0) is 40.3 Å². The molecule has 0 bridgehead atoms. The summed E-state index contributed by atoms with van der Waals surface area (Å²) in [5.41, 5.74) is 1.41. The average molecular weight is 182 g/mol. The second kappa shape index (κ2) is 5.40. The highest BCUT2D eigenvalue weighted by atomic mass is 15.1. The molecule has 1 N–H and O–H groups in total. The Labute approximate surface area is 82.0 Å². The molecule has 0 radical (unpaired) electrons. The quantitative estimate of drug-likeness (QED) is 0.667. The van der Waals surface area contributed by atoms with Crippen LogP contribution in [0.25, 0.3) is 0 Å². The van der Waals surface area contributed by atoms with Crippen LogP contribution in [0.2, 0.25) is 0 Å². The maximum absolute atomic E-state index is 3.44. The summed E-state index contributed by atoms with van der Waals surface area (Å²) in [6, 6.07) is 0.740. The van der Waals surface area contributed by atoms with Gasteiger partial charge < -0.3 is 5.32 Å². The molecule has 76 valence electrons. The molecule has 0 spiro atoms. The van der Waals surface area contributed by atoms with Crippen molar-refractivity contribution in [1.82, 2.24) is 10.2 Å². The van der Waals surface area contributed by atoms with Gasteiger partial charge in [-0.2, -0.15) is 0 Å². The lowest BCUT2D eigenvalue weighted by Crippen LogP contribution is -2.44. The van der Waals surface area contributed by atoms with Gasteiger partial charge in [0, 0.05) is 19.1 Å². The fourth-order valence-corrected chi connectivity index (χ4v) is 1.69. The van der Waals surface area contributed by atoms with Crippen LogP contribution in [0.4, 0.5) is 0 Å². The van der Waals surface area contributed by atoms with Gasteiger partial charge in [-0.1, -0.05) is 11.6 Å². The first-order valence-corrected chi connectivity index (χ1v) is 5.24. The highest BCUT2D eigenvalue weighted by molar-refractivity contribution is 4.95. The maximum atomic E-state index is 3.44. The van der Waals surface area contributed by atoms with E-state index in [1.165, 1.54) is 25.0 Å². The first-order chi connectivity index (χ1) is 6.20. The Morgan fingerprint density at radius 1 is 1.54 bits per heavy atom. The lowest BCUT2D eigenvalue weighted by molar-refractivity contribution is 0.221. The van der Waals surface area contributed by atoms with Gasteiger partial charge in [0.2, 0.25) is 0 Å². The van der Waals surface area contributed by atoms with E-state index in [1.54, 1.807) is 0 Å². The Morgan fingerprint density at radius 3 is 2.85 bits per heavy atom. The molecular weight excluding hydrogens is 160 g/mol. The number of nitrogens with zero attached hydrogens (tertiary/aromatic N) is 1. The molecule has 1 atom stereocenters. The van der Waals surface area contributed by atoms with E-state index in [9.17, 15) is 0 Å². The minimum Gasteiger partial charge on any atom is -0.315 e. The number of hydrogen-bond acceptors (Lipinski definition) is 2. The predicted molar refractivity (Wildman–Crippen MR) is 58.0 cm³/mol. The Kier molecular flexibility index (Phi) is 4.46. The zero-order chi connectivity index (χ0) is 9.68. The summed E-state index contributed by atoms with van der Waals surface area (Å²) in [7, 11) is 2.22. The third-order valence-electron chi connectivity index (χ3n) is 2.68. The molecular formula is C11H22N2. The molecule has 13 heavy (non-hydrogen) atoms. The maximum Gasteiger partial charge on any atom is 0.0221 e. The van der Waals surface area contributed by atoms with Crippen molar-refractivity contribution in [3.63, 3.8) is 0 Å². The first kappa shape index (κ1) is 10.7. The van der Waals surface area contributed by atoms with Gasteiger partial charge in [-0.15, -0.1) is 0 Å². The molecule has 1 unspecified atom stereocenters. The lowest BCUT2D eigenvalue weighted by atomic mass is 10.1. The second-order valence-electron chi connectivity index (χ2n) is 4.22. The lowest BCUT2D eigenvalue weighted by Gasteiger charge is -2.30. The fraction of sp³-hybridized carbons (Fsp3) is 0.818. The number of piperidine rings is 1. The van der Waals surface area contributed by atoms with Gasteiger partial charge in [0.05, 0.1) is 0 Å². The van der Waals surface area contributed by atoms with Gasteiger partial charge >= 0.3 is 0 Å². The number of rotatable bonds is 3.